The van der Waals surface area contributed by atoms with Crippen LogP contribution >= 0.6 is 0 Å². The van der Waals surface area contributed by atoms with Crippen LogP contribution in [0.3, 0.4) is 0 Å². The van der Waals surface area contributed by atoms with Crippen LogP contribution in [0.25, 0.3) is 33.6 Å². The number of carbonyl (C=O) groups excluding carboxylic acids is 1. The van der Waals surface area contributed by atoms with Crippen LogP contribution in [0.1, 0.15) is 60.9 Å². The smallest absolute Gasteiger partial charge is 0.338 e. The zero-order valence-corrected chi connectivity index (χ0v) is 24.4. The number of aromatic nitrogens is 2. The second kappa shape index (κ2) is 12.3. The maximum Gasteiger partial charge on any atom is 0.338 e. The van der Waals surface area contributed by atoms with Crippen LogP contribution < -0.4 is 10.3 Å². The highest BCUT2D eigenvalue weighted by molar-refractivity contribution is 5.90. The quantitative estimate of drug-likeness (QED) is 0.139. The van der Waals surface area contributed by atoms with Gasteiger partial charge in [0.15, 0.2) is 5.82 Å². The molecule has 5 rings (SSSR count). The Bertz CT molecular complexity index is 1830. The van der Waals surface area contributed by atoms with E-state index in [1.807, 2.05) is 50.2 Å². The average molecular weight is 564 g/mol. The Morgan fingerprint density at radius 3 is 2.50 bits per heavy atom. The molecular weight excluding hydrogens is 530 g/mol. The first kappa shape index (κ1) is 28.5. The maximum absolute atomic E-state index is 13.7. The zero-order valence-electron chi connectivity index (χ0n) is 24.4. The summed E-state index contributed by atoms with van der Waals surface area (Å²) in [6.45, 7) is 10.8. The number of furan rings is 1. The van der Waals surface area contributed by atoms with Crippen molar-refractivity contribution >= 4 is 23.1 Å². The minimum atomic E-state index is -0.371. The molecular formula is C34H33N3O5. The standard InChI is InChI=1S/C34H33N3O5/c1-6-40-31-18-22(5)28(19-27(31)21(3)4)32-36-29-11-9-8-10-26(29)33(38)37(32)35-20-25-16-17-30(42-25)23-12-14-24(15-13-23)34(39)41-7-2/h8-21H,6-7H2,1-5H3. The van der Waals surface area contributed by atoms with E-state index in [-0.39, 0.29) is 17.4 Å². The van der Waals surface area contributed by atoms with Crippen molar-refractivity contribution in [1.82, 2.24) is 9.66 Å². The Morgan fingerprint density at radius 1 is 1.02 bits per heavy atom. The molecule has 5 aromatic rings. The summed E-state index contributed by atoms with van der Waals surface area (Å²) in [7, 11) is 0. The average Bonchev–Trinajstić information content (AvgIpc) is 3.46. The van der Waals surface area contributed by atoms with Crippen LogP contribution in [-0.2, 0) is 4.74 Å². The molecule has 8 nitrogen and oxygen atoms in total. The first-order chi connectivity index (χ1) is 20.3. The summed E-state index contributed by atoms with van der Waals surface area (Å²) in [5.41, 5.74) is 4.31. The van der Waals surface area contributed by atoms with Crippen LogP contribution in [0.4, 0.5) is 0 Å². The molecule has 0 unspecified atom stereocenters. The number of fused-ring (bicyclic) bond motifs is 1. The number of esters is 1. The van der Waals surface area contributed by atoms with E-state index in [2.05, 4.69) is 18.9 Å². The van der Waals surface area contributed by atoms with E-state index in [0.717, 1.165) is 28.0 Å². The van der Waals surface area contributed by atoms with Gasteiger partial charge in [-0.15, -0.1) is 0 Å². The fraction of sp³-hybridized carbons (Fsp3) is 0.235. The number of nitrogens with zero attached hydrogens (tertiary/aromatic N) is 3. The Morgan fingerprint density at radius 2 is 1.79 bits per heavy atom. The van der Waals surface area contributed by atoms with Gasteiger partial charge in [-0.05, 0) is 86.3 Å². The first-order valence-corrected chi connectivity index (χ1v) is 14.0. The number of para-hydroxylation sites is 1. The SMILES string of the molecule is CCOC(=O)c1ccc(-c2ccc(C=Nn3c(-c4cc(C(C)C)c(OCC)cc4C)nc4ccccc4c3=O)o2)cc1. The van der Waals surface area contributed by atoms with Crippen LogP contribution in [-0.4, -0.2) is 35.1 Å². The zero-order chi connectivity index (χ0) is 29.8. The molecule has 0 saturated heterocycles. The Balaban J connectivity index is 1.56. The minimum Gasteiger partial charge on any atom is -0.494 e. The number of benzene rings is 3. The predicted octanol–water partition coefficient (Wildman–Crippen LogP) is 7.21. The lowest BCUT2D eigenvalue weighted by molar-refractivity contribution is 0.0526. The molecule has 0 fully saturated rings. The number of ether oxygens (including phenoxy) is 2. The molecule has 2 heterocycles. The normalized spacial score (nSPS) is 11.5. The summed E-state index contributed by atoms with van der Waals surface area (Å²) >= 11 is 0. The molecule has 0 spiro atoms. The van der Waals surface area contributed by atoms with Crippen molar-refractivity contribution in [1.29, 1.82) is 0 Å². The van der Waals surface area contributed by atoms with E-state index in [9.17, 15) is 9.59 Å². The number of hydrogen-bond acceptors (Lipinski definition) is 7. The predicted molar refractivity (Wildman–Crippen MR) is 165 cm³/mol. The summed E-state index contributed by atoms with van der Waals surface area (Å²) in [5.74, 6) is 2.13. The van der Waals surface area contributed by atoms with Gasteiger partial charge in [0.05, 0.1) is 35.9 Å². The van der Waals surface area contributed by atoms with Gasteiger partial charge in [-0.3, -0.25) is 4.79 Å². The third kappa shape index (κ3) is 5.74. The van der Waals surface area contributed by atoms with Gasteiger partial charge in [-0.2, -0.15) is 9.78 Å². The van der Waals surface area contributed by atoms with Crippen molar-refractivity contribution in [2.75, 3.05) is 13.2 Å². The molecule has 0 atom stereocenters. The lowest BCUT2D eigenvalue weighted by atomic mass is 9.96. The third-order valence-electron chi connectivity index (χ3n) is 6.88. The highest BCUT2D eigenvalue weighted by Gasteiger charge is 2.19. The van der Waals surface area contributed by atoms with Gasteiger partial charge in [0.2, 0.25) is 0 Å². The highest BCUT2D eigenvalue weighted by atomic mass is 16.5. The van der Waals surface area contributed by atoms with Gasteiger partial charge in [-0.25, -0.2) is 9.78 Å². The molecule has 2 aromatic heterocycles. The van der Waals surface area contributed by atoms with Gasteiger partial charge >= 0.3 is 5.97 Å². The molecule has 0 aliphatic rings. The first-order valence-electron chi connectivity index (χ1n) is 14.0. The molecule has 214 valence electrons. The maximum atomic E-state index is 13.7. The molecule has 0 radical (unpaired) electrons. The number of hydrogen-bond donors (Lipinski definition) is 0. The monoisotopic (exact) mass is 563 g/mol. The molecule has 0 saturated carbocycles. The molecule has 0 N–H and O–H groups in total. The Hall–Kier alpha value is -4.98. The fourth-order valence-electron chi connectivity index (χ4n) is 4.75. The van der Waals surface area contributed by atoms with Crippen LogP contribution in [0, 0.1) is 6.92 Å². The van der Waals surface area contributed by atoms with E-state index < -0.39 is 0 Å². The fourth-order valence-corrected chi connectivity index (χ4v) is 4.75. The summed E-state index contributed by atoms with van der Waals surface area (Å²) in [6, 6.07) is 21.8. The van der Waals surface area contributed by atoms with E-state index in [0.29, 0.717) is 47.0 Å². The van der Waals surface area contributed by atoms with Crippen molar-refractivity contribution in [3.63, 3.8) is 0 Å². The van der Waals surface area contributed by atoms with Crippen molar-refractivity contribution in [2.45, 2.75) is 40.5 Å². The Labute approximate surface area is 244 Å². The molecule has 8 heteroatoms. The van der Waals surface area contributed by atoms with E-state index in [1.165, 1.54) is 10.9 Å². The number of carbonyl (C=O) groups is 1. The summed E-state index contributed by atoms with van der Waals surface area (Å²) in [5, 5.41) is 5.04. The Kier molecular flexibility index (Phi) is 8.33. The van der Waals surface area contributed by atoms with Crippen LogP contribution in [0.15, 0.2) is 87.1 Å². The molecule has 0 amide bonds. The minimum absolute atomic E-state index is 0.197. The van der Waals surface area contributed by atoms with E-state index in [4.69, 9.17) is 18.9 Å². The van der Waals surface area contributed by atoms with Crippen molar-refractivity contribution < 1.29 is 18.7 Å². The molecule has 0 bridgehead atoms. The molecule has 0 aliphatic carbocycles. The van der Waals surface area contributed by atoms with E-state index in [1.54, 1.807) is 43.3 Å². The van der Waals surface area contributed by atoms with Crippen LogP contribution in [0.5, 0.6) is 5.75 Å². The largest absolute Gasteiger partial charge is 0.494 e. The van der Waals surface area contributed by atoms with Gasteiger partial charge < -0.3 is 13.9 Å². The van der Waals surface area contributed by atoms with Crippen molar-refractivity contribution in [3.8, 4) is 28.5 Å². The number of rotatable bonds is 9. The summed E-state index contributed by atoms with van der Waals surface area (Å²) < 4.78 is 18.3. The van der Waals surface area contributed by atoms with Crippen LogP contribution in [0.2, 0.25) is 0 Å². The second-order valence-electron chi connectivity index (χ2n) is 10.1. The lowest BCUT2D eigenvalue weighted by Crippen LogP contribution is -2.20. The second-order valence-corrected chi connectivity index (χ2v) is 10.1. The van der Waals surface area contributed by atoms with Crippen molar-refractivity contribution in [2.24, 2.45) is 5.10 Å². The summed E-state index contributed by atoms with van der Waals surface area (Å²) in [6.07, 6.45) is 1.51. The number of aryl methyl sites for hydroxylation is 1. The van der Waals surface area contributed by atoms with Gasteiger partial charge in [0.25, 0.3) is 5.56 Å². The van der Waals surface area contributed by atoms with Gasteiger partial charge in [-0.1, -0.05) is 38.1 Å². The molecule has 42 heavy (non-hydrogen) atoms. The highest BCUT2D eigenvalue weighted by Crippen LogP contribution is 2.34. The van der Waals surface area contributed by atoms with Gasteiger partial charge in [0, 0.05) is 11.1 Å². The van der Waals surface area contributed by atoms with Gasteiger partial charge in [0.1, 0.15) is 17.3 Å². The van der Waals surface area contributed by atoms with Crippen molar-refractivity contribution in [3.05, 3.63) is 106 Å². The third-order valence-corrected chi connectivity index (χ3v) is 6.88. The molecule has 0 aliphatic heterocycles. The lowest BCUT2D eigenvalue weighted by Gasteiger charge is -2.18. The summed E-state index contributed by atoms with van der Waals surface area (Å²) in [4.78, 5) is 30.6. The topological polar surface area (TPSA) is 95.9 Å². The molecule has 3 aromatic carbocycles. The van der Waals surface area contributed by atoms with E-state index >= 15 is 0 Å².